The van der Waals surface area contributed by atoms with Crippen LogP contribution in [0.4, 0.5) is 11.4 Å². The first-order valence-corrected chi connectivity index (χ1v) is 29.0. The third kappa shape index (κ3) is 13.3. The monoisotopic (exact) mass is 1050 g/mol. The van der Waals surface area contributed by atoms with Crippen LogP contribution in [-0.4, -0.2) is 0 Å². The van der Waals surface area contributed by atoms with Crippen molar-refractivity contribution in [3.63, 3.8) is 0 Å². The summed E-state index contributed by atoms with van der Waals surface area (Å²) in [6.07, 6.45) is 12.7. The van der Waals surface area contributed by atoms with Crippen LogP contribution in [0.15, 0.2) is 170 Å². The van der Waals surface area contributed by atoms with E-state index in [1.807, 2.05) is 12.1 Å². The van der Waals surface area contributed by atoms with Crippen molar-refractivity contribution in [1.29, 1.82) is 0 Å². The number of benzene rings is 7. The number of rotatable bonds is 7. The van der Waals surface area contributed by atoms with E-state index in [1.165, 1.54) is 99.8 Å². The predicted molar refractivity (Wildman–Crippen MR) is 351 cm³/mol. The van der Waals surface area contributed by atoms with Crippen LogP contribution in [0, 0.1) is 11.3 Å². The van der Waals surface area contributed by atoms with Gasteiger partial charge in [0.25, 0.3) is 0 Å². The molecule has 0 unspecified atom stereocenters. The van der Waals surface area contributed by atoms with Crippen molar-refractivity contribution >= 4 is 28.2 Å². The topological polar surface area (TPSA) is 38.0 Å². The van der Waals surface area contributed by atoms with Crippen molar-refractivity contribution < 1.29 is 0 Å². The van der Waals surface area contributed by atoms with Crippen molar-refractivity contribution in [2.24, 2.45) is 11.3 Å². The molecule has 0 saturated carbocycles. The van der Waals surface area contributed by atoms with E-state index in [2.05, 4.69) is 309 Å². The largest absolute Gasteiger partial charge is 0.399 e. The summed E-state index contributed by atoms with van der Waals surface area (Å²) in [5.41, 5.74) is 30.3. The Balaban J connectivity index is 0.000000186. The number of hydrogen-bond acceptors (Lipinski definition) is 2. The fourth-order valence-corrected chi connectivity index (χ4v) is 11.1. The van der Waals surface area contributed by atoms with Gasteiger partial charge in [-0.25, -0.2) is 0 Å². The van der Waals surface area contributed by atoms with Crippen LogP contribution in [0.3, 0.4) is 0 Å². The van der Waals surface area contributed by atoms with Gasteiger partial charge in [0, 0.05) is 22.2 Å². The van der Waals surface area contributed by atoms with E-state index >= 15 is 0 Å². The molecule has 2 nitrogen and oxygen atoms in total. The number of nitrogens with two attached hydrogens (primary N) is 1. The van der Waals surface area contributed by atoms with Gasteiger partial charge in [0.1, 0.15) is 0 Å². The zero-order chi connectivity index (χ0) is 58.4. The van der Waals surface area contributed by atoms with Crippen molar-refractivity contribution in [3.05, 3.63) is 220 Å². The molecule has 0 aromatic heterocycles. The van der Waals surface area contributed by atoms with Crippen LogP contribution in [0.25, 0.3) is 50.2 Å². The molecular formula is C77H96N2. The van der Waals surface area contributed by atoms with E-state index in [1.54, 1.807) is 0 Å². The summed E-state index contributed by atoms with van der Waals surface area (Å²) in [6, 6.07) is 47.7. The first kappa shape index (κ1) is 60.0. The van der Waals surface area contributed by atoms with Crippen molar-refractivity contribution in [2.45, 2.75) is 178 Å². The summed E-state index contributed by atoms with van der Waals surface area (Å²) in [5.74, 6) is 0.526. The highest BCUT2D eigenvalue weighted by atomic mass is 14.8. The molecule has 2 heteroatoms. The number of hydrogen-bond donors (Lipinski definition) is 2. The van der Waals surface area contributed by atoms with Crippen LogP contribution in [0.2, 0.25) is 0 Å². The van der Waals surface area contributed by atoms with Crippen molar-refractivity contribution in [1.82, 2.24) is 0 Å². The molecule has 414 valence electrons. The standard InChI is InChI=1S/C35H36N2.C24H36.C18H24/c1-21(2)15-16-37-25-10-14-29-27-12-8-23(18-31(27)35(5,6)33(29)20-25)22-7-11-26-28-13-9-24(36)19-32(28)34(3,4)30(26)17-22;1-11-12-19(22(2,3)4)15-13-18-14-16-20(23(5,6)7)17-21(18)24(8,9)10;1-17(2,3)15-9-7-13-8-10-16(18(4,5)6)12-14(13)11-15/h7-21,37H,36H2,1-6H3;11-17H,1H2,2-10H3;7-12H,1-6H3/b16-15-;15-13-,19-12+;. The molecule has 0 fully saturated rings. The third-order valence-corrected chi connectivity index (χ3v) is 16.3. The molecule has 0 atom stereocenters. The summed E-state index contributed by atoms with van der Waals surface area (Å²) in [4.78, 5) is 0. The molecule has 0 spiro atoms. The molecule has 7 aromatic carbocycles. The molecule has 0 bridgehead atoms. The Morgan fingerprint density at radius 2 is 0.937 bits per heavy atom. The molecule has 7 aromatic rings. The minimum Gasteiger partial charge on any atom is -0.399 e. The van der Waals surface area contributed by atoms with Crippen LogP contribution in [0.1, 0.15) is 195 Å². The quantitative estimate of drug-likeness (QED) is 0.123. The average Bonchev–Trinajstić information content (AvgIpc) is 3.94. The SMILES string of the molecule is C=C/C=C(\C=C/c1ccc(C(C)(C)C)cc1C(C)(C)C)C(C)(C)C.CC(C)(C)c1ccc2ccc(C(C)(C)C)cc2c1.CC(C)/C=C\Nc1ccc2c(c1)C(C)(C)c1cc(-c3ccc4c(c3)C(C)(C)c3cc(N)ccc3-4)ccc1-2. The van der Waals surface area contributed by atoms with E-state index in [-0.39, 0.29) is 37.9 Å². The minimum atomic E-state index is -0.0737. The minimum absolute atomic E-state index is 0.0656. The van der Waals surface area contributed by atoms with Crippen LogP contribution in [-0.2, 0) is 32.5 Å². The molecule has 0 radical (unpaired) electrons. The highest BCUT2D eigenvalue weighted by Gasteiger charge is 2.38. The second kappa shape index (κ2) is 22.1. The highest BCUT2D eigenvalue weighted by molar-refractivity contribution is 5.88. The van der Waals surface area contributed by atoms with Crippen LogP contribution in [0.5, 0.6) is 0 Å². The lowest BCUT2D eigenvalue weighted by Crippen LogP contribution is -2.17. The number of nitrogen functional groups attached to an aromatic ring is 1. The Morgan fingerprint density at radius 3 is 1.39 bits per heavy atom. The third-order valence-electron chi connectivity index (χ3n) is 16.3. The fourth-order valence-electron chi connectivity index (χ4n) is 11.1. The zero-order valence-corrected chi connectivity index (χ0v) is 52.5. The van der Waals surface area contributed by atoms with Crippen molar-refractivity contribution in [3.8, 4) is 33.4 Å². The Labute approximate surface area is 479 Å². The lowest BCUT2D eigenvalue weighted by molar-refractivity contribution is 0.517. The molecule has 0 amide bonds. The van der Waals surface area contributed by atoms with Crippen LogP contribution < -0.4 is 11.1 Å². The van der Waals surface area contributed by atoms with E-state index in [9.17, 15) is 0 Å². The second-order valence-electron chi connectivity index (χ2n) is 29.1. The van der Waals surface area contributed by atoms with E-state index in [0.717, 1.165) is 11.4 Å². The number of anilines is 2. The number of allylic oxidation sites excluding steroid dienone is 5. The lowest BCUT2D eigenvalue weighted by Gasteiger charge is -2.27. The summed E-state index contributed by atoms with van der Waals surface area (Å²) < 4.78 is 0. The summed E-state index contributed by atoms with van der Waals surface area (Å²) in [7, 11) is 0. The molecule has 79 heavy (non-hydrogen) atoms. The Morgan fingerprint density at radius 1 is 0.494 bits per heavy atom. The Bertz CT molecular complexity index is 3420. The maximum Gasteiger partial charge on any atom is 0.0383 e. The molecule has 3 N–H and O–H groups in total. The maximum absolute atomic E-state index is 6.16. The number of nitrogens with one attached hydrogen (secondary N) is 1. The van der Waals surface area contributed by atoms with Gasteiger partial charge in [-0.3, -0.25) is 0 Å². The fraction of sp³-hybridized carbons (Fsp3) is 0.377. The van der Waals surface area contributed by atoms with E-state index < -0.39 is 0 Å². The first-order valence-electron chi connectivity index (χ1n) is 29.0. The summed E-state index contributed by atoms with van der Waals surface area (Å²) in [6.45, 7) is 51.5. The Hall–Kier alpha value is -6.64. The van der Waals surface area contributed by atoms with Gasteiger partial charge >= 0.3 is 0 Å². The predicted octanol–water partition coefficient (Wildman–Crippen LogP) is 22.0. The van der Waals surface area contributed by atoms with E-state index in [0.29, 0.717) is 5.92 Å². The lowest BCUT2D eigenvalue weighted by atomic mass is 9.78. The van der Waals surface area contributed by atoms with Gasteiger partial charge in [-0.05, 0) is 175 Å². The van der Waals surface area contributed by atoms with Gasteiger partial charge in [0.2, 0.25) is 0 Å². The van der Waals surface area contributed by atoms with Gasteiger partial charge in [0.15, 0.2) is 0 Å². The molecule has 9 rings (SSSR count). The van der Waals surface area contributed by atoms with Crippen LogP contribution >= 0.6 is 0 Å². The van der Waals surface area contributed by atoms with Gasteiger partial charge in [-0.2, -0.15) is 0 Å². The maximum atomic E-state index is 6.16. The smallest absolute Gasteiger partial charge is 0.0383 e. The molecule has 0 aliphatic heterocycles. The molecule has 0 heterocycles. The van der Waals surface area contributed by atoms with E-state index in [4.69, 9.17) is 5.73 Å². The van der Waals surface area contributed by atoms with Gasteiger partial charge in [0.05, 0.1) is 0 Å². The summed E-state index contributed by atoms with van der Waals surface area (Å²) >= 11 is 0. The molecular weight excluding hydrogens is 953 g/mol. The second-order valence-corrected chi connectivity index (χ2v) is 29.1. The Kier molecular flexibility index (Phi) is 16.8. The summed E-state index contributed by atoms with van der Waals surface area (Å²) in [5, 5.41) is 6.15. The first-order chi connectivity index (χ1) is 36.5. The number of fused-ring (bicyclic) bond motifs is 7. The molecule has 0 saturated heterocycles. The average molecular weight is 1050 g/mol. The molecule has 2 aliphatic rings. The van der Waals surface area contributed by atoms with Gasteiger partial charge in [-0.1, -0.05) is 273 Å². The normalized spacial score (nSPS) is 14.8. The van der Waals surface area contributed by atoms with Crippen molar-refractivity contribution in [2.75, 3.05) is 11.1 Å². The van der Waals surface area contributed by atoms with Gasteiger partial charge < -0.3 is 11.1 Å². The zero-order valence-electron chi connectivity index (χ0n) is 52.5. The van der Waals surface area contributed by atoms with Gasteiger partial charge in [-0.15, -0.1) is 0 Å². The molecule has 2 aliphatic carbocycles. The highest BCUT2D eigenvalue weighted by Crippen LogP contribution is 2.53.